The van der Waals surface area contributed by atoms with Crippen LogP contribution in [-0.4, -0.2) is 0 Å². The molecule has 0 atom stereocenters. The van der Waals surface area contributed by atoms with Crippen molar-refractivity contribution in [1.29, 1.82) is 0 Å². The van der Waals surface area contributed by atoms with Crippen LogP contribution in [0.15, 0.2) is 72.9 Å². The van der Waals surface area contributed by atoms with E-state index in [2.05, 4.69) is 94.2 Å². The van der Waals surface area contributed by atoms with E-state index in [4.69, 9.17) is 0 Å². The summed E-state index contributed by atoms with van der Waals surface area (Å²) in [7, 11) is 0. The van der Waals surface area contributed by atoms with Crippen LogP contribution in [0.1, 0.15) is 30.9 Å². The fourth-order valence-corrected chi connectivity index (χ4v) is 4.37. The van der Waals surface area contributed by atoms with Crippen molar-refractivity contribution in [3.8, 4) is 0 Å². The van der Waals surface area contributed by atoms with E-state index in [-0.39, 0.29) is 0 Å². The minimum absolute atomic E-state index is 1.10. The lowest BCUT2D eigenvalue weighted by atomic mass is 9.93. The van der Waals surface area contributed by atoms with Gasteiger partial charge in [0.1, 0.15) is 0 Å². The van der Waals surface area contributed by atoms with Crippen LogP contribution >= 0.6 is 43.6 Å². The highest BCUT2D eigenvalue weighted by Crippen LogP contribution is 2.40. The van der Waals surface area contributed by atoms with Crippen LogP contribution in [0.5, 0.6) is 0 Å². The summed E-state index contributed by atoms with van der Waals surface area (Å²) in [5.74, 6) is 0. The van der Waals surface area contributed by atoms with Gasteiger partial charge in [0.05, 0.1) is 0 Å². The highest BCUT2D eigenvalue weighted by Gasteiger charge is 2.15. The van der Waals surface area contributed by atoms with Crippen molar-refractivity contribution in [3.05, 3.63) is 74.2 Å². The van der Waals surface area contributed by atoms with Crippen molar-refractivity contribution in [2.45, 2.75) is 36.5 Å². The molecule has 23 heavy (non-hydrogen) atoms. The lowest BCUT2D eigenvalue weighted by molar-refractivity contribution is 0.957. The van der Waals surface area contributed by atoms with Crippen molar-refractivity contribution in [1.82, 2.24) is 0 Å². The van der Waals surface area contributed by atoms with Gasteiger partial charge in [-0.2, -0.15) is 0 Å². The molecule has 2 aromatic carbocycles. The van der Waals surface area contributed by atoms with Crippen LogP contribution in [0, 0.1) is 6.92 Å². The highest BCUT2D eigenvalue weighted by molar-refractivity contribution is 9.11. The van der Waals surface area contributed by atoms with Crippen molar-refractivity contribution >= 4 is 49.2 Å². The van der Waals surface area contributed by atoms with Gasteiger partial charge < -0.3 is 0 Å². The molecule has 0 saturated carbocycles. The number of rotatable bonds is 3. The third-order valence-electron chi connectivity index (χ3n) is 3.98. The van der Waals surface area contributed by atoms with E-state index in [1.165, 1.54) is 36.5 Å². The number of halogens is 2. The zero-order chi connectivity index (χ0) is 16.4. The van der Waals surface area contributed by atoms with E-state index in [9.17, 15) is 0 Å². The van der Waals surface area contributed by atoms with E-state index in [1.54, 1.807) is 0 Å². The molecule has 0 aromatic heterocycles. The second kappa shape index (κ2) is 7.42. The predicted molar refractivity (Wildman–Crippen MR) is 108 cm³/mol. The smallest absolute Gasteiger partial charge is 0.0201 e. The molecule has 0 amide bonds. The largest absolute Gasteiger partial charge is 0.0894 e. The predicted octanol–water partition coefficient (Wildman–Crippen LogP) is 7.75. The standard InChI is InChI=1S/C20H18Br2S/c1-13-3-8-17(9-4-13)23-20-10-7-16(22)12-19(20)18-11-15(21)6-5-14(18)2/h3-4,7-12H,5-6H2,1-2H3. The zero-order valence-electron chi connectivity index (χ0n) is 13.2. The molecule has 0 saturated heterocycles. The Morgan fingerprint density at radius 3 is 2.39 bits per heavy atom. The van der Waals surface area contributed by atoms with Crippen LogP contribution in [0.2, 0.25) is 0 Å². The summed E-state index contributed by atoms with van der Waals surface area (Å²) >= 11 is 9.14. The van der Waals surface area contributed by atoms with Gasteiger partial charge in [-0.05, 0) is 78.7 Å². The summed E-state index contributed by atoms with van der Waals surface area (Å²) in [6.07, 6.45) is 4.50. The molecule has 0 heterocycles. The number of hydrogen-bond acceptors (Lipinski definition) is 1. The Kier molecular flexibility index (Phi) is 5.50. The second-order valence-electron chi connectivity index (χ2n) is 5.84. The Labute approximate surface area is 159 Å². The van der Waals surface area contributed by atoms with E-state index >= 15 is 0 Å². The van der Waals surface area contributed by atoms with Gasteiger partial charge in [0.25, 0.3) is 0 Å². The molecular formula is C20H18Br2S. The minimum Gasteiger partial charge on any atom is -0.0894 e. The SMILES string of the molecule is CC1=C(c2cc(Br)ccc2Sc2ccc(C)cc2)C=C(Br)CC1. The van der Waals surface area contributed by atoms with Crippen LogP contribution in [0.25, 0.3) is 5.57 Å². The summed E-state index contributed by atoms with van der Waals surface area (Å²) in [6.45, 7) is 4.37. The summed E-state index contributed by atoms with van der Waals surface area (Å²) in [5, 5.41) is 0. The average Bonchev–Trinajstić information content (AvgIpc) is 2.53. The fourth-order valence-electron chi connectivity index (χ4n) is 2.64. The Bertz CT molecular complexity index is 786. The van der Waals surface area contributed by atoms with Gasteiger partial charge in [0.2, 0.25) is 0 Å². The first-order valence-corrected chi connectivity index (χ1v) is 10.0. The van der Waals surface area contributed by atoms with Crippen LogP contribution in [-0.2, 0) is 0 Å². The van der Waals surface area contributed by atoms with Crippen molar-refractivity contribution in [2.75, 3.05) is 0 Å². The second-order valence-corrected chi connectivity index (χ2v) is 8.89. The van der Waals surface area contributed by atoms with Crippen molar-refractivity contribution < 1.29 is 0 Å². The highest BCUT2D eigenvalue weighted by atomic mass is 79.9. The minimum atomic E-state index is 1.10. The molecule has 3 rings (SSSR count). The molecule has 0 aliphatic heterocycles. The van der Waals surface area contributed by atoms with Gasteiger partial charge in [-0.15, -0.1) is 0 Å². The number of benzene rings is 2. The number of hydrogen-bond donors (Lipinski definition) is 0. The lowest BCUT2D eigenvalue weighted by Crippen LogP contribution is -1.96. The third kappa shape index (κ3) is 4.20. The first-order chi connectivity index (χ1) is 11.0. The first kappa shape index (κ1) is 17.1. The molecule has 118 valence electrons. The molecule has 3 heteroatoms. The number of allylic oxidation sites excluding steroid dienone is 4. The summed E-state index contributed by atoms with van der Waals surface area (Å²) < 4.78 is 2.40. The van der Waals surface area contributed by atoms with Gasteiger partial charge in [-0.25, -0.2) is 0 Å². The Morgan fingerprint density at radius 1 is 0.913 bits per heavy atom. The maximum absolute atomic E-state index is 3.68. The molecule has 0 unspecified atom stereocenters. The summed E-state index contributed by atoms with van der Waals surface area (Å²) in [4.78, 5) is 2.57. The van der Waals surface area contributed by atoms with Gasteiger partial charge in [-0.1, -0.05) is 66.9 Å². The summed E-state index contributed by atoms with van der Waals surface area (Å²) in [5.41, 5.74) is 5.40. The van der Waals surface area contributed by atoms with E-state index in [0.717, 1.165) is 17.3 Å². The molecule has 0 fully saturated rings. The van der Waals surface area contributed by atoms with E-state index in [0.29, 0.717) is 0 Å². The molecular weight excluding hydrogens is 432 g/mol. The van der Waals surface area contributed by atoms with Gasteiger partial charge in [-0.3, -0.25) is 0 Å². The van der Waals surface area contributed by atoms with Crippen LogP contribution in [0.4, 0.5) is 0 Å². The Morgan fingerprint density at radius 2 is 1.65 bits per heavy atom. The maximum atomic E-state index is 3.68. The fraction of sp³-hybridized carbons (Fsp3) is 0.200. The quantitative estimate of drug-likeness (QED) is 0.461. The van der Waals surface area contributed by atoms with Gasteiger partial charge in [0.15, 0.2) is 0 Å². The molecule has 1 aliphatic rings. The van der Waals surface area contributed by atoms with Crippen molar-refractivity contribution in [3.63, 3.8) is 0 Å². The Hall–Kier alpha value is -0.770. The van der Waals surface area contributed by atoms with Crippen molar-refractivity contribution in [2.24, 2.45) is 0 Å². The summed E-state index contributed by atoms with van der Waals surface area (Å²) in [6, 6.07) is 15.3. The molecule has 0 radical (unpaired) electrons. The third-order valence-corrected chi connectivity index (χ3v) is 6.18. The normalized spacial score (nSPS) is 14.9. The number of aryl methyl sites for hydroxylation is 1. The molecule has 0 spiro atoms. The molecule has 2 aromatic rings. The monoisotopic (exact) mass is 448 g/mol. The topological polar surface area (TPSA) is 0 Å². The molecule has 1 aliphatic carbocycles. The molecule has 0 N–H and O–H groups in total. The zero-order valence-corrected chi connectivity index (χ0v) is 17.2. The Balaban J connectivity index is 2.03. The van der Waals surface area contributed by atoms with E-state index < -0.39 is 0 Å². The molecule has 0 bridgehead atoms. The van der Waals surface area contributed by atoms with Gasteiger partial charge in [0, 0.05) is 14.3 Å². The van der Waals surface area contributed by atoms with Crippen LogP contribution < -0.4 is 0 Å². The first-order valence-electron chi connectivity index (χ1n) is 7.63. The average molecular weight is 450 g/mol. The van der Waals surface area contributed by atoms with Gasteiger partial charge >= 0.3 is 0 Å². The molecule has 0 nitrogen and oxygen atoms in total. The van der Waals surface area contributed by atoms with E-state index in [1.807, 2.05) is 11.8 Å². The maximum Gasteiger partial charge on any atom is 0.0201 e. The lowest BCUT2D eigenvalue weighted by Gasteiger charge is -2.18. The van der Waals surface area contributed by atoms with Crippen LogP contribution in [0.3, 0.4) is 0 Å².